The number of pyridine rings is 1. The van der Waals surface area contributed by atoms with Crippen LogP contribution in [0.2, 0.25) is 5.02 Å². The van der Waals surface area contributed by atoms with Crippen molar-refractivity contribution in [2.24, 2.45) is 0 Å². The first-order valence-electron chi connectivity index (χ1n) is 6.03. The zero-order chi connectivity index (χ0) is 15.4. The van der Waals surface area contributed by atoms with Crippen LogP contribution in [0.15, 0.2) is 34.9 Å². The van der Waals surface area contributed by atoms with E-state index in [1.807, 2.05) is 0 Å². The Bertz CT molecular complexity index is 662. The number of anilines is 2. The van der Waals surface area contributed by atoms with Crippen molar-refractivity contribution in [3.05, 3.63) is 45.7 Å². The monoisotopic (exact) mass is 369 g/mol. The van der Waals surface area contributed by atoms with E-state index in [0.29, 0.717) is 32.3 Å². The minimum atomic E-state index is -0.222. The number of nitrogens with zero attached hydrogens (tertiary/aromatic N) is 1. The summed E-state index contributed by atoms with van der Waals surface area (Å²) in [4.78, 5) is 16.1. The van der Waals surface area contributed by atoms with Gasteiger partial charge < -0.3 is 15.8 Å². The Kier molecular flexibility index (Phi) is 5.03. The van der Waals surface area contributed by atoms with Crippen molar-refractivity contribution >= 4 is 44.8 Å². The lowest BCUT2D eigenvalue weighted by Crippen LogP contribution is -2.16. The standard InChI is InChI=1S/C14H13BrClN3O2/c1-21-14-11(15)4-8(16)5-12(14)19-13(20)6-10-3-2-9(17)7-18-10/h2-5,7H,6,17H2,1H3,(H,19,20). The highest BCUT2D eigenvalue weighted by Crippen LogP contribution is 2.36. The van der Waals surface area contributed by atoms with Gasteiger partial charge in [-0.25, -0.2) is 0 Å². The Hall–Kier alpha value is -1.79. The van der Waals surface area contributed by atoms with Crippen molar-refractivity contribution in [1.29, 1.82) is 0 Å². The molecule has 5 nitrogen and oxygen atoms in total. The summed E-state index contributed by atoms with van der Waals surface area (Å²) in [7, 11) is 1.52. The van der Waals surface area contributed by atoms with Crippen LogP contribution in [0.4, 0.5) is 11.4 Å². The number of hydrogen-bond donors (Lipinski definition) is 2. The number of methoxy groups -OCH3 is 1. The van der Waals surface area contributed by atoms with Gasteiger partial charge in [-0.3, -0.25) is 9.78 Å². The second kappa shape index (κ2) is 6.78. The van der Waals surface area contributed by atoms with Gasteiger partial charge in [0.2, 0.25) is 5.91 Å². The van der Waals surface area contributed by atoms with E-state index in [0.717, 1.165) is 0 Å². The maximum Gasteiger partial charge on any atom is 0.230 e. The number of benzene rings is 1. The molecule has 0 bridgehead atoms. The molecule has 7 heteroatoms. The van der Waals surface area contributed by atoms with Crippen LogP contribution >= 0.6 is 27.5 Å². The number of rotatable bonds is 4. The van der Waals surface area contributed by atoms with Crippen LogP contribution in [-0.2, 0) is 11.2 Å². The number of carbonyl (C=O) groups excluding carboxylic acids is 1. The van der Waals surface area contributed by atoms with Gasteiger partial charge in [-0.2, -0.15) is 0 Å². The van der Waals surface area contributed by atoms with Crippen molar-refractivity contribution in [3.8, 4) is 5.75 Å². The first-order valence-corrected chi connectivity index (χ1v) is 7.20. The van der Waals surface area contributed by atoms with Gasteiger partial charge in [0.25, 0.3) is 0 Å². The lowest BCUT2D eigenvalue weighted by molar-refractivity contribution is -0.115. The SMILES string of the molecule is COc1c(Br)cc(Cl)cc1NC(=O)Cc1ccc(N)cn1. The Balaban J connectivity index is 2.14. The molecule has 1 heterocycles. The summed E-state index contributed by atoms with van der Waals surface area (Å²) in [5, 5.41) is 3.25. The highest BCUT2D eigenvalue weighted by atomic mass is 79.9. The van der Waals surface area contributed by atoms with Crippen LogP contribution in [0, 0.1) is 0 Å². The van der Waals surface area contributed by atoms with Crippen LogP contribution in [0.1, 0.15) is 5.69 Å². The van der Waals surface area contributed by atoms with E-state index in [9.17, 15) is 4.79 Å². The Morgan fingerprint density at radius 3 is 2.86 bits per heavy atom. The Labute approximate surface area is 135 Å². The molecule has 2 aromatic rings. The van der Waals surface area contributed by atoms with E-state index in [-0.39, 0.29) is 12.3 Å². The van der Waals surface area contributed by atoms with E-state index in [1.165, 1.54) is 13.3 Å². The maximum absolute atomic E-state index is 12.1. The number of nitrogens with two attached hydrogens (primary N) is 1. The van der Waals surface area contributed by atoms with E-state index < -0.39 is 0 Å². The van der Waals surface area contributed by atoms with Crippen molar-refractivity contribution < 1.29 is 9.53 Å². The fourth-order valence-electron chi connectivity index (χ4n) is 1.76. The molecule has 0 aliphatic carbocycles. The number of halogens is 2. The molecule has 0 saturated carbocycles. The summed E-state index contributed by atoms with van der Waals surface area (Å²) in [6.07, 6.45) is 1.65. The molecule has 0 radical (unpaired) electrons. The summed E-state index contributed by atoms with van der Waals surface area (Å²) < 4.78 is 5.91. The van der Waals surface area contributed by atoms with Crippen LogP contribution in [0.25, 0.3) is 0 Å². The summed E-state index contributed by atoms with van der Waals surface area (Å²) in [5.74, 6) is 0.290. The second-order valence-electron chi connectivity index (χ2n) is 4.28. The molecule has 0 atom stereocenters. The number of nitrogen functional groups attached to an aromatic ring is 1. The lowest BCUT2D eigenvalue weighted by Gasteiger charge is -2.12. The molecule has 0 aliphatic heterocycles. The minimum absolute atomic E-state index is 0.133. The Morgan fingerprint density at radius 2 is 2.24 bits per heavy atom. The first-order chi connectivity index (χ1) is 9.99. The highest BCUT2D eigenvalue weighted by Gasteiger charge is 2.13. The molecule has 0 spiro atoms. The van der Waals surface area contributed by atoms with E-state index >= 15 is 0 Å². The lowest BCUT2D eigenvalue weighted by atomic mass is 10.2. The minimum Gasteiger partial charge on any atom is -0.493 e. The number of aromatic nitrogens is 1. The molecule has 0 aliphatic rings. The van der Waals surface area contributed by atoms with Gasteiger partial charge in [-0.1, -0.05) is 11.6 Å². The molecule has 110 valence electrons. The van der Waals surface area contributed by atoms with Gasteiger partial charge in [-0.05, 0) is 40.2 Å². The zero-order valence-electron chi connectivity index (χ0n) is 11.2. The molecule has 1 amide bonds. The smallest absolute Gasteiger partial charge is 0.230 e. The van der Waals surface area contributed by atoms with E-state index in [2.05, 4.69) is 26.2 Å². The summed E-state index contributed by atoms with van der Waals surface area (Å²) >= 11 is 9.31. The zero-order valence-corrected chi connectivity index (χ0v) is 13.5. The molecule has 0 unspecified atom stereocenters. The van der Waals surface area contributed by atoms with Crippen LogP contribution in [0.3, 0.4) is 0 Å². The number of hydrogen-bond acceptors (Lipinski definition) is 4. The third-order valence-electron chi connectivity index (χ3n) is 2.68. The quantitative estimate of drug-likeness (QED) is 0.866. The van der Waals surface area contributed by atoms with Crippen LogP contribution in [-0.4, -0.2) is 18.0 Å². The summed E-state index contributed by atoms with van der Waals surface area (Å²) in [6.45, 7) is 0. The van der Waals surface area contributed by atoms with E-state index in [1.54, 1.807) is 24.3 Å². The number of amides is 1. The summed E-state index contributed by atoms with van der Waals surface area (Å²) in [6, 6.07) is 6.73. The number of carbonyl (C=O) groups is 1. The fourth-order valence-corrected chi connectivity index (χ4v) is 2.73. The first kappa shape index (κ1) is 15.6. The fraction of sp³-hybridized carbons (Fsp3) is 0.143. The van der Waals surface area contributed by atoms with Gasteiger partial charge in [0.1, 0.15) is 0 Å². The molecular formula is C14H13BrClN3O2. The molecule has 1 aromatic carbocycles. The molecule has 0 saturated heterocycles. The van der Waals surface area contributed by atoms with Crippen molar-refractivity contribution in [2.75, 3.05) is 18.2 Å². The average molecular weight is 371 g/mol. The second-order valence-corrected chi connectivity index (χ2v) is 5.57. The largest absolute Gasteiger partial charge is 0.493 e. The predicted molar refractivity (Wildman–Crippen MR) is 86.7 cm³/mol. The van der Waals surface area contributed by atoms with Gasteiger partial charge >= 0.3 is 0 Å². The maximum atomic E-state index is 12.1. The molecule has 3 N–H and O–H groups in total. The van der Waals surface area contributed by atoms with Crippen molar-refractivity contribution in [1.82, 2.24) is 4.98 Å². The molecule has 21 heavy (non-hydrogen) atoms. The third-order valence-corrected chi connectivity index (χ3v) is 3.48. The van der Waals surface area contributed by atoms with Crippen molar-refractivity contribution in [3.63, 3.8) is 0 Å². The number of nitrogens with one attached hydrogen (secondary N) is 1. The number of ether oxygens (including phenoxy) is 1. The van der Waals surface area contributed by atoms with Gasteiger partial charge in [0, 0.05) is 10.7 Å². The van der Waals surface area contributed by atoms with Crippen LogP contribution in [0.5, 0.6) is 5.75 Å². The summed E-state index contributed by atoms with van der Waals surface area (Å²) in [5.41, 5.74) is 7.23. The van der Waals surface area contributed by atoms with Gasteiger partial charge in [0.15, 0.2) is 5.75 Å². The Morgan fingerprint density at radius 1 is 1.48 bits per heavy atom. The predicted octanol–water partition coefficient (Wildman–Crippen LogP) is 3.27. The van der Waals surface area contributed by atoms with Gasteiger partial charge in [0.05, 0.1) is 35.6 Å². The normalized spacial score (nSPS) is 10.2. The van der Waals surface area contributed by atoms with Gasteiger partial charge in [-0.15, -0.1) is 0 Å². The topological polar surface area (TPSA) is 77.2 Å². The highest BCUT2D eigenvalue weighted by molar-refractivity contribution is 9.10. The molecular weight excluding hydrogens is 358 g/mol. The van der Waals surface area contributed by atoms with Crippen molar-refractivity contribution in [2.45, 2.75) is 6.42 Å². The average Bonchev–Trinajstić information content (AvgIpc) is 2.41. The molecule has 1 aromatic heterocycles. The van der Waals surface area contributed by atoms with E-state index in [4.69, 9.17) is 22.1 Å². The van der Waals surface area contributed by atoms with Crippen LogP contribution < -0.4 is 15.8 Å². The molecule has 0 fully saturated rings. The molecule has 2 rings (SSSR count). The third kappa shape index (κ3) is 4.09.